The molecule has 2 N–H and O–H groups in total. The molecule has 2 aromatic carbocycles. The lowest BCUT2D eigenvalue weighted by Gasteiger charge is -2.07. The molecule has 23 heavy (non-hydrogen) atoms. The summed E-state index contributed by atoms with van der Waals surface area (Å²) in [6, 6.07) is 8.53. The highest BCUT2D eigenvalue weighted by atomic mass is 19.1. The first kappa shape index (κ1) is 15.0. The van der Waals surface area contributed by atoms with Gasteiger partial charge < -0.3 is 15.0 Å². The fraction of sp³-hybridized carbons (Fsp3) is 0.118. The van der Waals surface area contributed by atoms with Crippen molar-refractivity contribution in [2.24, 2.45) is 0 Å². The zero-order valence-electron chi connectivity index (χ0n) is 12.3. The van der Waals surface area contributed by atoms with Gasteiger partial charge >= 0.3 is 0 Å². The molecule has 0 fully saturated rings. The second kappa shape index (κ2) is 6.08. The number of anilines is 1. The number of hydrogen-bond acceptors (Lipinski definition) is 2. The Morgan fingerprint density at radius 3 is 2.83 bits per heavy atom. The van der Waals surface area contributed by atoms with Crippen LogP contribution in [0.15, 0.2) is 42.6 Å². The summed E-state index contributed by atoms with van der Waals surface area (Å²) in [5.74, 6) is -1.25. The second-order valence-corrected chi connectivity index (χ2v) is 5.05. The van der Waals surface area contributed by atoms with Gasteiger partial charge in [0, 0.05) is 23.2 Å². The maximum absolute atomic E-state index is 13.6. The molecule has 1 heterocycles. The molecular weight excluding hydrogens is 302 g/mol. The highest BCUT2D eigenvalue weighted by Gasteiger charge is 2.14. The molecule has 3 rings (SSSR count). The van der Waals surface area contributed by atoms with E-state index < -0.39 is 17.5 Å². The van der Waals surface area contributed by atoms with Crippen LogP contribution in [-0.4, -0.2) is 18.0 Å². The number of rotatable bonds is 4. The third kappa shape index (κ3) is 3.01. The smallest absolute Gasteiger partial charge is 0.228 e. The molecule has 0 aliphatic carbocycles. The van der Waals surface area contributed by atoms with Gasteiger partial charge in [0.25, 0.3) is 0 Å². The number of nitrogens with one attached hydrogen (secondary N) is 2. The van der Waals surface area contributed by atoms with Crippen molar-refractivity contribution < 1.29 is 18.3 Å². The van der Waals surface area contributed by atoms with E-state index in [-0.39, 0.29) is 12.1 Å². The molecule has 0 saturated carbocycles. The van der Waals surface area contributed by atoms with Gasteiger partial charge in [0.05, 0.1) is 19.2 Å². The third-order valence-electron chi connectivity index (χ3n) is 3.53. The van der Waals surface area contributed by atoms with Crippen molar-refractivity contribution in [3.05, 3.63) is 59.8 Å². The standard InChI is InChI=1S/C17H14F2N2O2/c1-23-15-4-2-3-14-17(15)10(9-20-14)7-16(22)21-13-6-5-11(18)8-12(13)19/h2-6,8-9,20H,7H2,1H3,(H,21,22). The molecule has 6 heteroatoms. The first-order valence-electron chi connectivity index (χ1n) is 6.96. The number of ether oxygens (including phenoxy) is 1. The van der Waals surface area contributed by atoms with E-state index in [9.17, 15) is 13.6 Å². The summed E-state index contributed by atoms with van der Waals surface area (Å²) in [7, 11) is 1.56. The molecule has 4 nitrogen and oxygen atoms in total. The number of carbonyl (C=O) groups excluding carboxylic acids is 1. The van der Waals surface area contributed by atoms with E-state index in [4.69, 9.17) is 4.74 Å². The monoisotopic (exact) mass is 316 g/mol. The average Bonchev–Trinajstić information content (AvgIpc) is 2.93. The number of methoxy groups -OCH3 is 1. The Balaban J connectivity index is 1.83. The van der Waals surface area contributed by atoms with Crippen LogP contribution in [0.3, 0.4) is 0 Å². The average molecular weight is 316 g/mol. The van der Waals surface area contributed by atoms with Crippen LogP contribution in [0, 0.1) is 11.6 Å². The van der Waals surface area contributed by atoms with E-state index in [2.05, 4.69) is 10.3 Å². The summed E-state index contributed by atoms with van der Waals surface area (Å²) >= 11 is 0. The molecule has 1 amide bonds. The van der Waals surface area contributed by atoms with E-state index >= 15 is 0 Å². The molecule has 118 valence electrons. The molecule has 1 aromatic heterocycles. The Bertz CT molecular complexity index is 874. The van der Waals surface area contributed by atoms with E-state index in [1.54, 1.807) is 19.4 Å². The van der Waals surface area contributed by atoms with Crippen LogP contribution in [0.25, 0.3) is 10.9 Å². The molecule has 0 spiro atoms. The SMILES string of the molecule is COc1cccc2[nH]cc(CC(=O)Nc3ccc(F)cc3F)c12. The maximum Gasteiger partial charge on any atom is 0.228 e. The lowest BCUT2D eigenvalue weighted by atomic mass is 10.1. The zero-order chi connectivity index (χ0) is 16.4. The molecule has 0 atom stereocenters. The number of hydrogen-bond donors (Lipinski definition) is 2. The Kier molecular flexibility index (Phi) is 3.97. The molecular formula is C17H14F2N2O2. The highest BCUT2D eigenvalue weighted by Crippen LogP contribution is 2.29. The van der Waals surface area contributed by atoms with Crippen LogP contribution in [0.2, 0.25) is 0 Å². The van der Waals surface area contributed by atoms with Gasteiger partial charge in [0.15, 0.2) is 0 Å². The normalized spacial score (nSPS) is 10.7. The number of aromatic nitrogens is 1. The van der Waals surface area contributed by atoms with E-state index in [1.807, 2.05) is 12.1 Å². The molecule has 0 saturated heterocycles. The maximum atomic E-state index is 13.6. The van der Waals surface area contributed by atoms with Gasteiger partial charge in [-0.15, -0.1) is 0 Å². The lowest BCUT2D eigenvalue weighted by Crippen LogP contribution is -2.15. The fourth-order valence-corrected chi connectivity index (χ4v) is 2.49. The number of aromatic amines is 1. The first-order valence-corrected chi connectivity index (χ1v) is 6.96. The Morgan fingerprint density at radius 2 is 2.09 bits per heavy atom. The van der Waals surface area contributed by atoms with Crippen LogP contribution in [0.5, 0.6) is 5.75 Å². The van der Waals surface area contributed by atoms with Crippen LogP contribution >= 0.6 is 0 Å². The van der Waals surface area contributed by atoms with Gasteiger partial charge in [-0.05, 0) is 29.8 Å². The van der Waals surface area contributed by atoms with Crippen molar-refractivity contribution in [2.75, 3.05) is 12.4 Å². The van der Waals surface area contributed by atoms with E-state index in [0.29, 0.717) is 5.75 Å². The minimum absolute atomic E-state index is 0.0389. The van der Waals surface area contributed by atoms with E-state index in [0.717, 1.165) is 28.6 Å². The largest absolute Gasteiger partial charge is 0.496 e. The Hall–Kier alpha value is -2.89. The quantitative estimate of drug-likeness (QED) is 0.772. The molecule has 0 aliphatic rings. The summed E-state index contributed by atoms with van der Waals surface area (Å²) in [4.78, 5) is 15.2. The van der Waals surface area contributed by atoms with Crippen LogP contribution in [0.1, 0.15) is 5.56 Å². The van der Waals surface area contributed by atoms with Crippen molar-refractivity contribution in [3.8, 4) is 5.75 Å². The topological polar surface area (TPSA) is 54.1 Å². The molecule has 0 radical (unpaired) electrons. The van der Waals surface area contributed by atoms with Crippen molar-refractivity contribution in [2.45, 2.75) is 6.42 Å². The Labute approximate surface area is 131 Å². The van der Waals surface area contributed by atoms with Gasteiger partial charge in [-0.25, -0.2) is 8.78 Å². The van der Waals surface area contributed by atoms with Gasteiger partial charge in [0.2, 0.25) is 5.91 Å². The number of H-pyrrole nitrogens is 1. The summed E-state index contributed by atoms with van der Waals surface area (Å²) in [6.07, 6.45) is 1.75. The van der Waals surface area contributed by atoms with Crippen molar-refractivity contribution >= 4 is 22.5 Å². The molecule has 0 aliphatic heterocycles. The van der Waals surface area contributed by atoms with Gasteiger partial charge in [-0.1, -0.05) is 6.07 Å². The minimum Gasteiger partial charge on any atom is -0.496 e. The molecule has 3 aromatic rings. The van der Waals surface area contributed by atoms with Gasteiger partial charge in [-0.2, -0.15) is 0 Å². The van der Waals surface area contributed by atoms with Gasteiger partial charge in [0.1, 0.15) is 17.4 Å². The third-order valence-corrected chi connectivity index (χ3v) is 3.53. The van der Waals surface area contributed by atoms with E-state index in [1.165, 1.54) is 6.07 Å². The number of fused-ring (bicyclic) bond motifs is 1. The lowest BCUT2D eigenvalue weighted by molar-refractivity contribution is -0.115. The van der Waals surface area contributed by atoms with Crippen LogP contribution in [0.4, 0.5) is 14.5 Å². The molecule has 0 unspecified atom stereocenters. The minimum atomic E-state index is -0.810. The predicted molar refractivity (Wildman–Crippen MR) is 83.5 cm³/mol. The summed E-state index contributed by atoms with van der Waals surface area (Å²) in [5.41, 5.74) is 1.53. The number of halogens is 2. The van der Waals surface area contributed by atoms with Crippen molar-refractivity contribution in [3.63, 3.8) is 0 Å². The number of carbonyl (C=O) groups is 1. The highest BCUT2D eigenvalue weighted by molar-refractivity contribution is 5.97. The summed E-state index contributed by atoms with van der Waals surface area (Å²) in [6.45, 7) is 0. The second-order valence-electron chi connectivity index (χ2n) is 5.05. The van der Waals surface area contributed by atoms with Crippen LogP contribution < -0.4 is 10.1 Å². The fourth-order valence-electron chi connectivity index (χ4n) is 2.49. The van der Waals surface area contributed by atoms with Gasteiger partial charge in [-0.3, -0.25) is 4.79 Å². The molecule has 0 bridgehead atoms. The van der Waals surface area contributed by atoms with Crippen LogP contribution in [-0.2, 0) is 11.2 Å². The van der Waals surface area contributed by atoms with Crippen molar-refractivity contribution in [1.82, 2.24) is 4.98 Å². The predicted octanol–water partition coefficient (Wildman–Crippen LogP) is 3.64. The Morgan fingerprint density at radius 1 is 1.26 bits per heavy atom. The summed E-state index contributed by atoms with van der Waals surface area (Å²) < 4.78 is 31.8. The first-order chi connectivity index (χ1) is 11.1. The summed E-state index contributed by atoms with van der Waals surface area (Å²) in [5, 5.41) is 3.25. The number of amides is 1. The van der Waals surface area contributed by atoms with Crippen molar-refractivity contribution in [1.29, 1.82) is 0 Å². The number of benzene rings is 2. The zero-order valence-corrected chi connectivity index (χ0v) is 12.3.